The minimum Gasteiger partial charge on any atom is -0.207 e. The summed E-state index contributed by atoms with van der Waals surface area (Å²) in [6.07, 6.45) is 5.18. The Kier molecular flexibility index (Phi) is 4.64. The van der Waals surface area contributed by atoms with Crippen molar-refractivity contribution in [3.8, 4) is 0 Å². The minimum atomic E-state index is -0.0237. The second-order valence-corrected chi connectivity index (χ2v) is 3.73. The molecule has 0 spiro atoms. The third-order valence-corrected chi connectivity index (χ3v) is 2.52. The summed E-state index contributed by atoms with van der Waals surface area (Å²) in [6, 6.07) is 5.44. The van der Waals surface area contributed by atoms with Crippen LogP contribution < -0.4 is 0 Å². The molecule has 0 aliphatic rings. The molecule has 1 heteroatoms. The van der Waals surface area contributed by atoms with Crippen LogP contribution in [0.4, 0.5) is 4.39 Å². The molecule has 1 aromatic carbocycles. The molecule has 0 radical (unpaired) electrons. The Bertz CT molecular complexity index is 279. The van der Waals surface area contributed by atoms with Crippen LogP contribution in [-0.4, -0.2) is 0 Å². The van der Waals surface area contributed by atoms with Gasteiger partial charge in [-0.15, -0.1) is 0 Å². The summed E-state index contributed by atoms with van der Waals surface area (Å²) in [5.41, 5.74) is 2.14. The van der Waals surface area contributed by atoms with E-state index in [1.165, 1.54) is 5.56 Å². The van der Waals surface area contributed by atoms with Gasteiger partial charge in [0.1, 0.15) is 5.82 Å². The highest BCUT2D eigenvalue weighted by Gasteiger charge is 2.06. The fourth-order valence-corrected chi connectivity index (χ4v) is 1.74. The average Bonchev–Trinajstić information content (AvgIpc) is 2.18. The van der Waals surface area contributed by atoms with Crippen LogP contribution in [-0.2, 0) is 12.8 Å². The van der Waals surface area contributed by atoms with Crippen molar-refractivity contribution in [2.45, 2.75) is 46.0 Å². The number of aryl methyl sites for hydroxylation is 1. The Morgan fingerprint density at radius 3 is 2.50 bits per heavy atom. The van der Waals surface area contributed by atoms with Crippen molar-refractivity contribution < 1.29 is 4.39 Å². The molecule has 0 saturated carbocycles. The maximum Gasteiger partial charge on any atom is 0.126 e. The topological polar surface area (TPSA) is 0 Å². The molecule has 0 aliphatic carbocycles. The van der Waals surface area contributed by atoms with E-state index in [1.807, 2.05) is 6.07 Å². The van der Waals surface area contributed by atoms with Gasteiger partial charge < -0.3 is 0 Å². The molecular formula is C13H19F. The van der Waals surface area contributed by atoms with Gasteiger partial charge in [0.15, 0.2) is 0 Å². The van der Waals surface area contributed by atoms with E-state index in [0.29, 0.717) is 0 Å². The van der Waals surface area contributed by atoms with Gasteiger partial charge in [-0.2, -0.15) is 0 Å². The third kappa shape index (κ3) is 2.83. The van der Waals surface area contributed by atoms with Gasteiger partial charge in [-0.25, -0.2) is 4.39 Å². The summed E-state index contributed by atoms with van der Waals surface area (Å²) in [5, 5.41) is 0. The predicted octanol–water partition coefficient (Wildman–Crippen LogP) is 4.12. The molecule has 0 bridgehead atoms. The van der Waals surface area contributed by atoms with Gasteiger partial charge in [-0.05, 0) is 36.5 Å². The predicted molar refractivity (Wildman–Crippen MR) is 59.0 cm³/mol. The molecule has 0 heterocycles. The fraction of sp³-hybridized carbons (Fsp3) is 0.538. The van der Waals surface area contributed by atoms with Gasteiger partial charge in [0, 0.05) is 0 Å². The molecule has 0 N–H and O–H groups in total. The molecule has 14 heavy (non-hydrogen) atoms. The molecule has 78 valence electrons. The molecule has 0 nitrogen and oxygen atoms in total. The van der Waals surface area contributed by atoms with E-state index in [4.69, 9.17) is 0 Å². The largest absolute Gasteiger partial charge is 0.207 e. The molecular weight excluding hydrogens is 175 g/mol. The van der Waals surface area contributed by atoms with Crippen LogP contribution in [0.2, 0.25) is 0 Å². The normalized spacial score (nSPS) is 10.5. The van der Waals surface area contributed by atoms with Gasteiger partial charge >= 0.3 is 0 Å². The first-order chi connectivity index (χ1) is 6.79. The van der Waals surface area contributed by atoms with Crippen molar-refractivity contribution in [3.63, 3.8) is 0 Å². The van der Waals surface area contributed by atoms with Crippen LogP contribution >= 0.6 is 0 Å². The summed E-state index contributed by atoms with van der Waals surface area (Å²) < 4.78 is 13.5. The quantitative estimate of drug-likeness (QED) is 0.661. The van der Waals surface area contributed by atoms with E-state index in [2.05, 4.69) is 19.9 Å². The molecule has 0 atom stereocenters. The Morgan fingerprint density at radius 1 is 1.07 bits per heavy atom. The van der Waals surface area contributed by atoms with E-state index in [0.717, 1.165) is 37.7 Å². The summed E-state index contributed by atoms with van der Waals surface area (Å²) in [5.74, 6) is -0.0237. The monoisotopic (exact) mass is 194 g/mol. The number of benzene rings is 1. The van der Waals surface area contributed by atoms with Gasteiger partial charge in [0.25, 0.3) is 0 Å². The van der Waals surface area contributed by atoms with Gasteiger partial charge in [0.05, 0.1) is 0 Å². The lowest BCUT2D eigenvalue weighted by Gasteiger charge is -2.09. The Balaban J connectivity index is 2.84. The number of halogens is 1. The fourth-order valence-electron chi connectivity index (χ4n) is 1.74. The second kappa shape index (κ2) is 5.79. The van der Waals surface area contributed by atoms with Crippen LogP contribution in [0.15, 0.2) is 18.2 Å². The van der Waals surface area contributed by atoms with Crippen LogP contribution in [0.5, 0.6) is 0 Å². The number of hydrogen-bond acceptors (Lipinski definition) is 0. The highest BCUT2D eigenvalue weighted by molar-refractivity contribution is 5.28. The zero-order valence-electron chi connectivity index (χ0n) is 9.15. The molecule has 1 aromatic rings. The highest BCUT2D eigenvalue weighted by atomic mass is 19.1. The average molecular weight is 194 g/mol. The Hall–Kier alpha value is -0.850. The number of unbranched alkanes of at least 4 members (excludes halogenated alkanes) is 1. The van der Waals surface area contributed by atoms with Crippen molar-refractivity contribution in [1.82, 2.24) is 0 Å². The van der Waals surface area contributed by atoms with Crippen molar-refractivity contribution in [2.24, 2.45) is 0 Å². The highest BCUT2D eigenvalue weighted by Crippen LogP contribution is 2.17. The summed E-state index contributed by atoms with van der Waals surface area (Å²) >= 11 is 0. The zero-order valence-corrected chi connectivity index (χ0v) is 9.15. The third-order valence-electron chi connectivity index (χ3n) is 2.52. The van der Waals surface area contributed by atoms with Gasteiger partial charge in [-0.1, -0.05) is 38.8 Å². The summed E-state index contributed by atoms with van der Waals surface area (Å²) in [6.45, 7) is 4.27. The van der Waals surface area contributed by atoms with Crippen LogP contribution in [0.25, 0.3) is 0 Å². The van der Waals surface area contributed by atoms with Gasteiger partial charge in [-0.3, -0.25) is 0 Å². The van der Waals surface area contributed by atoms with Crippen molar-refractivity contribution in [3.05, 3.63) is 35.1 Å². The second-order valence-electron chi connectivity index (χ2n) is 3.73. The summed E-state index contributed by atoms with van der Waals surface area (Å²) in [4.78, 5) is 0. The standard InChI is InChI=1S/C13H19F/c1-3-5-9-12-11(7-4-2)8-6-10-13(12)14/h6,8,10H,3-5,7,9H2,1-2H3. The van der Waals surface area contributed by atoms with Crippen LogP contribution in [0.1, 0.15) is 44.2 Å². The molecule has 0 fully saturated rings. The molecule has 0 aliphatic heterocycles. The van der Waals surface area contributed by atoms with E-state index >= 15 is 0 Å². The summed E-state index contributed by atoms with van der Waals surface area (Å²) in [7, 11) is 0. The lowest BCUT2D eigenvalue weighted by molar-refractivity contribution is 0.598. The molecule has 1 rings (SSSR count). The molecule has 0 amide bonds. The Labute approximate surface area is 86.2 Å². The molecule has 0 aromatic heterocycles. The molecule has 0 saturated heterocycles. The first-order valence-corrected chi connectivity index (χ1v) is 5.55. The van der Waals surface area contributed by atoms with Gasteiger partial charge in [0.2, 0.25) is 0 Å². The zero-order chi connectivity index (χ0) is 10.4. The van der Waals surface area contributed by atoms with Crippen molar-refractivity contribution >= 4 is 0 Å². The Morgan fingerprint density at radius 2 is 1.86 bits per heavy atom. The van der Waals surface area contributed by atoms with Crippen LogP contribution in [0, 0.1) is 5.82 Å². The smallest absolute Gasteiger partial charge is 0.126 e. The van der Waals surface area contributed by atoms with Crippen LogP contribution in [0.3, 0.4) is 0 Å². The maximum atomic E-state index is 13.5. The van der Waals surface area contributed by atoms with E-state index in [9.17, 15) is 4.39 Å². The van der Waals surface area contributed by atoms with E-state index < -0.39 is 0 Å². The SMILES string of the molecule is CCCCc1c(F)cccc1CCC. The van der Waals surface area contributed by atoms with E-state index in [-0.39, 0.29) is 5.82 Å². The molecule has 0 unspecified atom stereocenters. The lowest BCUT2D eigenvalue weighted by Crippen LogP contribution is -1.98. The number of rotatable bonds is 5. The lowest BCUT2D eigenvalue weighted by atomic mass is 9.98. The van der Waals surface area contributed by atoms with Crippen molar-refractivity contribution in [1.29, 1.82) is 0 Å². The first-order valence-electron chi connectivity index (χ1n) is 5.55. The van der Waals surface area contributed by atoms with Crippen molar-refractivity contribution in [2.75, 3.05) is 0 Å². The van der Waals surface area contributed by atoms with E-state index in [1.54, 1.807) is 6.07 Å². The first kappa shape index (κ1) is 11.2. The number of hydrogen-bond donors (Lipinski definition) is 0. The maximum absolute atomic E-state index is 13.5. The minimum absolute atomic E-state index is 0.0237.